The first-order valence-electron chi connectivity index (χ1n) is 6.24. The predicted molar refractivity (Wildman–Crippen MR) is 77.3 cm³/mol. The molecule has 20 heavy (non-hydrogen) atoms. The van der Waals surface area contributed by atoms with Gasteiger partial charge in [-0.2, -0.15) is 8.42 Å². The third kappa shape index (κ3) is 12.1. The highest BCUT2D eigenvalue weighted by molar-refractivity contribution is 7.85. The smallest absolute Gasteiger partial charge is 0.264 e. The Kier molecular flexibility index (Phi) is 9.67. The molecule has 8 heteroatoms. The van der Waals surface area contributed by atoms with Gasteiger partial charge in [-0.15, -0.1) is 0 Å². The van der Waals surface area contributed by atoms with Crippen LogP contribution in [0.15, 0.2) is 12.2 Å². The molecule has 0 heterocycles. The highest BCUT2D eigenvalue weighted by Crippen LogP contribution is 2.02. The maximum absolute atomic E-state index is 11.3. The van der Waals surface area contributed by atoms with Gasteiger partial charge in [-0.25, -0.2) is 0 Å². The molecule has 0 aromatic carbocycles. The molecule has 0 aromatic heterocycles. The quantitative estimate of drug-likeness (QED) is 0.274. The van der Waals surface area contributed by atoms with Crippen molar-refractivity contribution in [1.29, 1.82) is 0 Å². The number of carbonyl (C=O) groups is 1. The number of hydrogen-bond donors (Lipinski definition) is 2. The van der Waals surface area contributed by atoms with Gasteiger partial charge >= 0.3 is 0 Å². The topological polar surface area (TPSA) is 113 Å². The van der Waals surface area contributed by atoms with Crippen LogP contribution in [0.3, 0.4) is 0 Å². The van der Waals surface area contributed by atoms with Gasteiger partial charge in [0.25, 0.3) is 10.1 Å². The molecule has 0 rings (SSSR count). The number of hydrogen-bond acceptors (Lipinski definition) is 4. The van der Waals surface area contributed by atoms with Crippen molar-refractivity contribution < 1.29 is 27.7 Å². The van der Waals surface area contributed by atoms with Crippen molar-refractivity contribution in [2.45, 2.75) is 19.8 Å². The lowest BCUT2D eigenvalue weighted by molar-refractivity contribution is -0.889. The molecule has 0 saturated heterocycles. The van der Waals surface area contributed by atoms with Crippen LogP contribution in [-0.2, 0) is 14.9 Å². The van der Waals surface area contributed by atoms with Crippen molar-refractivity contribution in [3.05, 3.63) is 12.2 Å². The summed E-state index contributed by atoms with van der Waals surface area (Å²) in [6.45, 7) is 7.31. The van der Waals surface area contributed by atoms with Crippen LogP contribution in [0.2, 0.25) is 0 Å². The molecular weight excluding hydrogens is 284 g/mol. The highest BCUT2D eigenvalue weighted by atomic mass is 32.2. The number of nitrogens with one attached hydrogen (secondary N) is 1. The van der Waals surface area contributed by atoms with Gasteiger partial charge in [-0.05, 0) is 19.8 Å². The largest absolute Gasteiger partial charge is 0.870 e. The fraction of sp³-hybridized carbons (Fsp3) is 0.750. The Hall–Kier alpha value is -0.960. The summed E-state index contributed by atoms with van der Waals surface area (Å²) in [4.78, 5) is 11.3. The summed E-state index contributed by atoms with van der Waals surface area (Å²) in [7, 11) is 0.175. The Balaban J connectivity index is 0. The molecule has 0 saturated carbocycles. The van der Waals surface area contributed by atoms with E-state index in [4.69, 9.17) is 4.55 Å². The van der Waals surface area contributed by atoms with E-state index in [1.807, 2.05) is 14.1 Å². The number of carbonyl (C=O) groups excluding carboxylic acids is 1. The molecule has 0 fully saturated rings. The number of nitrogens with zero attached hydrogens (tertiary/aromatic N) is 1. The monoisotopic (exact) mass is 310 g/mol. The Labute approximate surface area is 121 Å². The van der Waals surface area contributed by atoms with Gasteiger partial charge in [0.1, 0.15) is 0 Å². The van der Waals surface area contributed by atoms with E-state index in [2.05, 4.69) is 11.9 Å². The molecule has 0 unspecified atom stereocenters. The minimum Gasteiger partial charge on any atom is -0.870 e. The van der Waals surface area contributed by atoms with Crippen LogP contribution in [0.5, 0.6) is 0 Å². The second kappa shape index (κ2) is 9.06. The molecule has 1 amide bonds. The van der Waals surface area contributed by atoms with Crippen LogP contribution in [0, 0.1) is 0 Å². The molecular formula is C12H26N2O5S. The fourth-order valence-corrected chi connectivity index (χ4v) is 2.13. The molecule has 0 atom stereocenters. The second-order valence-corrected chi connectivity index (χ2v) is 6.98. The zero-order valence-electron chi connectivity index (χ0n) is 12.4. The van der Waals surface area contributed by atoms with E-state index < -0.39 is 10.1 Å². The molecule has 0 aliphatic rings. The van der Waals surface area contributed by atoms with Crippen LogP contribution in [-0.4, -0.2) is 68.3 Å². The molecule has 0 radical (unpaired) electrons. The highest BCUT2D eigenvalue weighted by Gasteiger charge is 2.15. The Bertz CT molecular complexity index is 418. The lowest BCUT2D eigenvalue weighted by atomic mass is 10.3. The molecule has 0 aliphatic heterocycles. The number of rotatable bonds is 9. The van der Waals surface area contributed by atoms with Gasteiger partial charge < -0.3 is 15.3 Å². The second-order valence-electron chi connectivity index (χ2n) is 5.41. The van der Waals surface area contributed by atoms with E-state index in [0.29, 0.717) is 29.4 Å². The molecule has 0 bridgehead atoms. The number of quaternary nitrogens is 1. The van der Waals surface area contributed by atoms with Crippen LogP contribution in [0.1, 0.15) is 19.8 Å². The average molecular weight is 310 g/mol. The van der Waals surface area contributed by atoms with E-state index in [1.165, 1.54) is 0 Å². The van der Waals surface area contributed by atoms with Crippen LogP contribution >= 0.6 is 0 Å². The van der Waals surface area contributed by atoms with Crippen molar-refractivity contribution in [1.82, 2.24) is 5.32 Å². The summed E-state index contributed by atoms with van der Waals surface area (Å²) >= 11 is 0. The zero-order valence-corrected chi connectivity index (χ0v) is 13.2. The van der Waals surface area contributed by atoms with Gasteiger partial charge in [0.15, 0.2) is 0 Å². The van der Waals surface area contributed by atoms with Gasteiger partial charge in [0.2, 0.25) is 5.91 Å². The molecule has 0 aliphatic carbocycles. The predicted octanol–water partition coefficient (Wildman–Crippen LogP) is 0.246. The standard InChI is InChI=1S/C12H24N2O4S.H2O/c1-11(2)12(15)13-7-9-14(3,4)8-5-6-10-19(16,17)18;/h1,5-10H2,2-4H3,(H-,13,15,16,17,18);1H2. The SMILES string of the molecule is C=C(C)C(=O)NCC[N+](C)(C)CCCCS(=O)(=O)O.[OH-]. The minimum absolute atomic E-state index is 0. The lowest BCUT2D eigenvalue weighted by Crippen LogP contribution is -2.46. The normalized spacial score (nSPS) is 11.6. The summed E-state index contributed by atoms with van der Waals surface area (Å²) in [5.41, 5.74) is 0.485. The third-order valence-corrected chi connectivity index (χ3v) is 3.61. The molecule has 0 spiro atoms. The van der Waals surface area contributed by atoms with E-state index in [-0.39, 0.29) is 17.1 Å². The molecule has 0 aromatic rings. The summed E-state index contributed by atoms with van der Waals surface area (Å²) in [6, 6.07) is 0. The van der Waals surface area contributed by atoms with Gasteiger partial charge in [-0.3, -0.25) is 9.35 Å². The van der Waals surface area contributed by atoms with Gasteiger partial charge in [0, 0.05) is 5.57 Å². The van der Waals surface area contributed by atoms with Crippen LogP contribution in [0.4, 0.5) is 0 Å². The first kappa shape index (κ1) is 21.3. The van der Waals surface area contributed by atoms with Crippen LogP contribution in [0.25, 0.3) is 0 Å². The summed E-state index contributed by atoms with van der Waals surface area (Å²) in [5.74, 6) is -0.342. The van der Waals surface area contributed by atoms with Crippen molar-refractivity contribution in [2.75, 3.05) is 39.5 Å². The Morgan fingerprint density at radius 2 is 1.80 bits per heavy atom. The van der Waals surface area contributed by atoms with Crippen LogP contribution < -0.4 is 5.32 Å². The third-order valence-electron chi connectivity index (χ3n) is 2.81. The first-order chi connectivity index (χ1) is 8.53. The van der Waals surface area contributed by atoms with E-state index in [0.717, 1.165) is 13.1 Å². The Morgan fingerprint density at radius 1 is 1.25 bits per heavy atom. The molecule has 7 nitrogen and oxygen atoms in total. The van der Waals surface area contributed by atoms with E-state index in [1.54, 1.807) is 6.92 Å². The zero-order chi connectivity index (χ0) is 15.1. The number of amides is 1. The number of likely N-dealkylation sites (N-methyl/N-ethyl adjacent to an activating group) is 1. The fourth-order valence-electron chi connectivity index (χ4n) is 1.56. The van der Waals surface area contributed by atoms with Crippen molar-refractivity contribution >= 4 is 16.0 Å². The number of unbranched alkanes of at least 4 members (excludes halogenated alkanes) is 1. The lowest BCUT2D eigenvalue weighted by Gasteiger charge is -2.29. The minimum atomic E-state index is -3.85. The first-order valence-corrected chi connectivity index (χ1v) is 7.85. The maximum atomic E-state index is 11.3. The van der Waals surface area contributed by atoms with Gasteiger partial charge in [-0.1, -0.05) is 6.58 Å². The van der Waals surface area contributed by atoms with Gasteiger partial charge in [0.05, 0.1) is 39.5 Å². The van der Waals surface area contributed by atoms with Crippen molar-refractivity contribution in [2.24, 2.45) is 0 Å². The maximum Gasteiger partial charge on any atom is 0.264 e. The molecule has 3 N–H and O–H groups in total. The molecule has 120 valence electrons. The van der Waals surface area contributed by atoms with Crippen molar-refractivity contribution in [3.8, 4) is 0 Å². The average Bonchev–Trinajstić information content (AvgIpc) is 2.22. The summed E-state index contributed by atoms with van der Waals surface area (Å²) < 4.78 is 30.4. The van der Waals surface area contributed by atoms with E-state index in [9.17, 15) is 13.2 Å². The summed E-state index contributed by atoms with van der Waals surface area (Å²) in [6.07, 6.45) is 1.15. The summed E-state index contributed by atoms with van der Waals surface area (Å²) in [5, 5.41) is 2.76. The Morgan fingerprint density at radius 3 is 2.25 bits per heavy atom. The van der Waals surface area contributed by atoms with E-state index >= 15 is 0 Å². The van der Waals surface area contributed by atoms with Crippen molar-refractivity contribution in [3.63, 3.8) is 0 Å².